The summed E-state index contributed by atoms with van der Waals surface area (Å²) in [5.74, 6) is 0.657. The van der Waals surface area contributed by atoms with Gasteiger partial charge in [0.25, 0.3) is 5.91 Å². The summed E-state index contributed by atoms with van der Waals surface area (Å²) in [4.78, 5) is 15.1. The third-order valence-corrected chi connectivity index (χ3v) is 5.13. The predicted octanol–water partition coefficient (Wildman–Crippen LogP) is 4.34. The van der Waals surface area contributed by atoms with Crippen LogP contribution in [-0.2, 0) is 6.61 Å². The fourth-order valence-corrected chi connectivity index (χ4v) is 3.52. The maximum atomic E-state index is 13.5. The van der Waals surface area contributed by atoms with Crippen LogP contribution in [0.4, 0.5) is 4.39 Å². The lowest BCUT2D eigenvalue weighted by Gasteiger charge is -2.29. The Hall–Kier alpha value is -1.88. The molecule has 0 N–H and O–H groups in total. The Morgan fingerprint density at radius 2 is 2.09 bits per heavy atom. The van der Waals surface area contributed by atoms with Gasteiger partial charge in [0.1, 0.15) is 6.61 Å². The standard InChI is InChI=1S/C18H20FNO2S/c1-13-6-8-20(9-7-13)18(21)17-10-14(12-23-17)11-22-16-5-3-2-4-15(16)19/h2-5,10,12-13H,6-9,11H2,1H3. The van der Waals surface area contributed by atoms with Gasteiger partial charge in [-0.1, -0.05) is 19.1 Å². The highest BCUT2D eigenvalue weighted by Crippen LogP contribution is 2.23. The van der Waals surface area contributed by atoms with Crippen molar-refractivity contribution in [3.05, 3.63) is 52.0 Å². The minimum atomic E-state index is -0.374. The molecule has 0 unspecified atom stereocenters. The summed E-state index contributed by atoms with van der Waals surface area (Å²) in [6, 6.07) is 8.19. The number of ether oxygens (including phenoxy) is 1. The zero-order valence-electron chi connectivity index (χ0n) is 13.1. The number of thiophene rings is 1. The van der Waals surface area contributed by atoms with Crippen molar-refractivity contribution in [3.63, 3.8) is 0 Å². The molecule has 0 bridgehead atoms. The highest BCUT2D eigenvalue weighted by atomic mass is 32.1. The van der Waals surface area contributed by atoms with Gasteiger partial charge in [0.05, 0.1) is 4.88 Å². The fourth-order valence-electron chi connectivity index (χ4n) is 2.65. The van der Waals surface area contributed by atoms with Gasteiger partial charge in [-0.2, -0.15) is 0 Å². The van der Waals surface area contributed by atoms with Crippen LogP contribution < -0.4 is 4.74 Å². The molecule has 1 aliphatic heterocycles. The monoisotopic (exact) mass is 333 g/mol. The third-order valence-electron chi connectivity index (χ3n) is 4.17. The van der Waals surface area contributed by atoms with Crippen LogP contribution in [0.1, 0.15) is 35.0 Å². The Bertz CT molecular complexity index is 677. The SMILES string of the molecule is CC1CCN(C(=O)c2cc(COc3ccccc3F)cs2)CC1. The lowest BCUT2D eigenvalue weighted by molar-refractivity contribution is 0.0702. The van der Waals surface area contributed by atoms with Crippen LogP contribution in [-0.4, -0.2) is 23.9 Å². The van der Waals surface area contributed by atoms with Gasteiger partial charge < -0.3 is 9.64 Å². The summed E-state index contributed by atoms with van der Waals surface area (Å²) in [5.41, 5.74) is 0.895. The first kappa shape index (κ1) is 16.0. The summed E-state index contributed by atoms with van der Waals surface area (Å²) in [5, 5.41) is 1.90. The van der Waals surface area contributed by atoms with E-state index >= 15 is 0 Å². The maximum absolute atomic E-state index is 13.5. The molecule has 2 aromatic rings. The lowest BCUT2D eigenvalue weighted by atomic mass is 9.99. The number of likely N-dealkylation sites (tertiary alicyclic amines) is 1. The minimum absolute atomic E-state index is 0.0963. The van der Waals surface area contributed by atoms with Gasteiger partial charge >= 0.3 is 0 Å². The van der Waals surface area contributed by atoms with Crippen molar-refractivity contribution in [3.8, 4) is 5.75 Å². The second-order valence-electron chi connectivity index (χ2n) is 6.01. The quantitative estimate of drug-likeness (QED) is 0.833. The first-order valence-electron chi connectivity index (χ1n) is 7.87. The smallest absolute Gasteiger partial charge is 0.263 e. The molecule has 5 heteroatoms. The number of hydrogen-bond acceptors (Lipinski definition) is 3. The Balaban J connectivity index is 1.59. The van der Waals surface area contributed by atoms with E-state index in [9.17, 15) is 9.18 Å². The zero-order valence-corrected chi connectivity index (χ0v) is 13.9. The molecule has 0 radical (unpaired) electrons. The molecule has 1 aromatic carbocycles. The number of carbonyl (C=O) groups is 1. The molecule has 2 heterocycles. The van der Waals surface area contributed by atoms with Crippen molar-refractivity contribution in [1.82, 2.24) is 4.90 Å². The van der Waals surface area contributed by atoms with E-state index in [-0.39, 0.29) is 24.1 Å². The number of carbonyl (C=O) groups excluding carboxylic acids is 1. The van der Waals surface area contributed by atoms with Crippen molar-refractivity contribution in [2.45, 2.75) is 26.4 Å². The summed E-state index contributed by atoms with van der Waals surface area (Å²) < 4.78 is 19.0. The third kappa shape index (κ3) is 3.91. The van der Waals surface area contributed by atoms with Crippen molar-refractivity contribution >= 4 is 17.2 Å². The van der Waals surface area contributed by atoms with E-state index in [1.54, 1.807) is 18.2 Å². The van der Waals surface area contributed by atoms with E-state index in [2.05, 4.69) is 6.92 Å². The van der Waals surface area contributed by atoms with Crippen LogP contribution in [0.3, 0.4) is 0 Å². The average molecular weight is 333 g/mol. The van der Waals surface area contributed by atoms with E-state index < -0.39 is 0 Å². The number of piperidine rings is 1. The normalized spacial score (nSPS) is 15.7. The summed E-state index contributed by atoms with van der Waals surface area (Å²) >= 11 is 1.43. The van der Waals surface area contributed by atoms with E-state index in [1.165, 1.54) is 17.4 Å². The molecule has 0 saturated carbocycles. The Labute approximate surface area is 139 Å². The van der Waals surface area contributed by atoms with E-state index in [0.29, 0.717) is 5.92 Å². The van der Waals surface area contributed by atoms with Crippen LogP contribution in [0.5, 0.6) is 5.75 Å². The van der Waals surface area contributed by atoms with Crippen LogP contribution in [0, 0.1) is 11.7 Å². The van der Waals surface area contributed by atoms with Gasteiger partial charge in [-0.15, -0.1) is 11.3 Å². The molecule has 23 heavy (non-hydrogen) atoms. The molecule has 1 aromatic heterocycles. The average Bonchev–Trinajstić information content (AvgIpc) is 3.03. The highest BCUT2D eigenvalue weighted by molar-refractivity contribution is 7.12. The second-order valence-corrected chi connectivity index (χ2v) is 6.92. The van der Waals surface area contributed by atoms with Gasteiger partial charge in [-0.25, -0.2) is 4.39 Å². The van der Waals surface area contributed by atoms with Gasteiger partial charge in [0, 0.05) is 18.7 Å². The van der Waals surface area contributed by atoms with Crippen LogP contribution in [0.25, 0.3) is 0 Å². The van der Waals surface area contributed by atoms with Gasteiger partial charge in [0.15, 0.2) is 11.6 Å². The fraction of sp³-hybridized carbons (Fsp3) is 0.389. The highest BCUT2D eigenvalue weighted by Gasteiger charge is 2.22. The molecule has 122 valence electrons. The molecule has 1 saturated heterocycles. The van der Waals surface area contributed by atoms with Crippen molar-refractivity contribution < 1.29 is 13.9 Å². The number of halogens is 1. The molecular weight excluding hydrogens is 313 g/mol. The molecule has 1 amide bonds. The Morgan fingerprint density at radius 1 is 1.35 bits per heavy atom. The first-order valence-corrected chi connectivity index (χ1v) is 8.75. The summed E-state index contributed by atoms with van der Waals surface area (Å²) in [7, 11) is 0. The van der Waals surface area contributed by atoms with Crippen LogP contribution >= 0.6 is 11.3 Å². The number of benzene rings is 1. The first-order chi connectivity index (χ1) is 11.1. The maximum Gasteiger partial charge on any atom is 0.263 e. The van der Waals surface area contributed by atoms with E-state index in [1.807, 2.05) is 16.3 Å². The molecule has 3 rings (SSSR count). The number of rotatable bonds is 4. The molecule has 0 spiro atoms. The zero-order chi connectivity index (χ0) is 16.2. The van der Waals surface area contributed by atoms with Crippen molar-refractivity contribution in [2.24, 2.45) is 5.92 Å². The second kappa shape index (κ2) is 7.13. The molecular formula is C18H20FNO2S. The van der Waals surface area contributed by atoms with Gasteiger partial charge in [0.2, 0.25) is 0 Å². The molecule has 0 atom stereocenters. The minimum Gasteiger partial charge on any atom is -0.486 e. The number of para-hydroxylation sites is 1. The van der Waals surface area contributed by atoms with Gasteiger partial charge in [-0.05, 0) is 42.3 Å². The van der Waals surface area contributed by atoms with Crippen molar-refractivity contribution in [1.29, 1.82) is 0 Å². The van der Waals surface area contributed by atoms with Crippen LogP contribution in [0.15, 0.2) is 35.7 Å². The molecule has 0 aliphatic carbocycles. The summed E-state index contributed by atoms with van der Waals surface area (Å²) in [6.07, 6.45) is 2.14. The lowest BCUT2D eigenvalue weighted by Crippen LogP contribution is -2.37. The number of nitrogens with zero attached hydrogens (tertiary/aromatic N) is 1. The number of hydrogen-bond donors (Lipinski definition) is 0. The summed E-state index contributed by atoms with van der Waals surface area (Å²) in [6.45, 7) is 4.16. The molecule has 1 aliphatic rings. The number of amides is 1. The van der Waals surface area contributed by atoms with Crippen molar-refractivity contribution in [2.75, 3.05) is 13.1 Å². The Kier molecular flexibility index (Phi) is 4.96. The largest absolute Gasteiger partial charge is 0.486 e. The van der Waals surface area contributed by atoms with Gasteiger partial charge in [-0.3, -0.25) is 4.79 Å². The molecule has 3 nitrogen and oxygen atoms in total. The van der Waals surface area contributed by atoms with Crippen LogP contribution in [0.2, 0.25) is 0 Å². The topological polar surface area (TPSA) is 29.5 Å². The van der Waals surface area contributed by atoms with E-state index in [4.69, 9.17) is 4.74 Å². The Morgan fingerprint density at radius 3 is 2.83 bits per heavy atom. The predicted molar refractivity (Wildman–Crippen MR) is 89.4 cm³/mol. The molecule has 1 fully saturated rings. The van der Waals surface area contributed by atoms with E-state index in [0.717, 1.165) is 36.4 Å².